The molecule has 2 rings (SSSR count). The lowest BCUT2D eigenvalue weighted by molar-refractivity contribution is -0.882. The van der Waals surface area contributed by atoms with Crippen molar-refractivity contribution in [3.63, 3.8) is 0 Å². The van der Waals surface area contributed by atoms with Gasteiger partial charge in [-0.15, -0.1) is 6.58 Å². The van der Waals surface area contributed by atoms with Crippen LogP contribution in [0.1, 0.15) is 55.5 Å². The van der Waals surface area contributed by atoms with E-state index in [9.17, 15) is 9.59 Å². The Hall–Kier alpha value is -2.64. The van der Waals surface area contributed by atoms with Gasteiger partial charge in [0.15, 0.2) is 23.8 Å². The number of ether oxygens (including phenoxy) is 2. The number of allylic oxidation sites excluding steroid dienone is 1. The van der Waals surface area contributed by atoms with Gasteiger partial charge >= 0.3 is 0 Å². The highest BCUT2D eigenvalue weighted by Gasteiger charge is 2.21. The summed E-state index contributed by atoms with van der Waals surface area (Å²) in [4.78, 5) is 24.2. The van der Waals surface area contributed by atoms with Crippen LogP contribution >= 0.6 is 0 Å². The zero-order valence-corrected chi connectivity index (χ0v) is 23.7. The molecule has 0 aliphatic heterocycles. The molecule has 0 atom stereocenters. The number of quaternary nitrogens is 1. The van der Waals surface area contributed by atoms with E-state index >= 15 is 0 Å². The summed E-state index contributed by atoms with van der Waals surface area (Å²) in [7, 11) is 4.06. The van der Waals surface area contributed by atoms with Crippen LogP contribution in [0.4, 0.5) is 0 Å². The van der Waals surface area contributed by atoms with Crippen LogP contribution < -0.4 is 31.8 Å². The summed E-state index contributed by atoms with van der Waals surface area (Å²) in [6.07, 6.45) is 6.23. The molecule has 0 aliphatic rings. The number of halogens is 1. The van der Waals surface area contributed by atoms with Crippen molar-refractivity contribution in [1.82, 2.24) is 5.32 Å². The van der Waals surface area contributed by atoms with Crippen molar-refractivity contribution in [2.75, 3.05) is 40.3 Å². The van der Waals surface area contributed by atoms with E-state index in [1.807, 2.05) is 45.3 Å². The Bertz CT molecular complexity index is 974. The number of amides is 1. The second kappa shape index (κ2) is 16.2. The van der Waals surface area contributed by atoms with Crippen molar-refractivity contribution in [2.24, 2.45) is 0 Å². The molecular formula is C29H41BrN2O4. The molecule has 0 bridgehead atoms. The highest BCUT2D eigenvalue weighted by atomic mass is 79.9. The first-order chi connectivity index (χ1) is 16.8. The molecule has 1 amide bonds. The lowest BCUT2D eigenvalue weighted by atomic mass is 10.1. The van der Waals surface area contributed by atoms with Crippen LogP contribution in [-0.2, 0) is 11.2 Å². The van der Waals surface area contributed by atoms with E-state index in [0.717, 1.165) is 31.4 Å². The number of likely N-dealkylation sites (N-methyl/N-ethyl adjacent to an activating group) is 1. The minimum absolute atomic E-state index is 0. The number of Topliss-reactive ketones (excluding diaryl/α,β-unsaturated/α-hetero) is 1. The van der Waals surface area contributed by atoms with Crippen LogP contribution in [0.2, 0.25) is 0 Å². The van der Waals surface area contributed by atoms with Crippen LogP contribution in [-0.4, -0.2) is 56.5 Å². The Balaban J connectivity index is 0.00000648. The number of benzene rings is 2. The summed E-state index contributed by atoms with van der Waals surface area (Å²) in [5.41, 5.74) is 1.65. The molecule has 0 saturated heterocycles. The summed E-state index contributed by atoms with van der Waals surface area (Å²) in [5, 5.41) is 3.01. The Morgan fingerprint density at radius 2 is 1.78 bits per heavy atom. The minimum Gasteiger partial charge on any atom is -1.00 e. The number of hydrogen-bond acceptors (Lipinski definition) is 4. The van der Waals surface area contributed by atoms with Crippen molar-refractivity contribution in [3.8, 4) is 17.2 Å². The van der Waals surface area contributed by atoms with Gasteiger partial charge in [-0.25, -0.2) is 0 Å². The highest BCUT2D eigenvalue weighted by Crippen LogP contribution is 2.35. The van der Waals surface area contributed by atoms with E-state index in [2.05, 4.69) is 18.8 Å². The predicted octanol–water partition coefficient (Wildman–Crippen LogP) is 2.57. The molecular weight excluding hydrogens is 520 g/mol. The number of nitrogens with one attached hydrogen (secondary N) is 1. The third-order valence-corrected chi connectivity index (χ3v) is 5.77. The molecule has 0 radical (unpaired) electrons. The second-order valence-electron chi connectivity index (χ2n) is 9.36. The molecule has 0 unspecified atom stereocenters. The van der Waals surface area contributed by atoms with Crippen LogP contribution in [0.25, 0.3) is 0 Å². The van der Waals surface area contributed by atoms with Gasteiger partial charge in [0.1, 0.15) is 18.9 Å². The van der Waals surface area contributed by atoms with Gasteiger partial charge in [-0.1, -0.05) is 44.9 Å². The zero-order chi connectivity index (χ0) is 25.7. The third-order valence-electron chi connectivity index (χ3n) is 5.77. The third kappa shape index (κ3) is 10.5. The number of carbonyl (C=O) groups excluding carboxylic acids is 2. The molecule has 0 heterocycles. The van der Waals surface area contributed by atoms with Gasteiger partial charge in [0.05, 0.1) is 14.1 Å². The number of unbranched alkanes of at least 4 members (excludes halogenated alkanes) is 2. The first-order valence-electron chi connectivity index (χ1n) is 12.5. The minimum atomic E-state index is 0. The predicted molar refractivity (Wildman–Crippen MR) is 141 cm³/mol. The fraction of sp³-hybridized carbons (Fsp3) is 0.448. The molecule has 0 saturated carbocycles. The highest BCUT2D eigenvalue weighted by molar-refractivity contribution is 5.95. The molecule has 2 aromatic carbocycles. The standard InChI is InChI=1S/C29H40N2O4.BrH/c1-6-9-10-19-30-28(33)22-31(4,5)20-21-34-29-24(12-7-2)13-11-14-27(29)35-25-17-15-23(16-18-25)26(32)8-3;/h7,11,13-18H,2,6,8-10,12,19-22H2,1,3-5H3;1H. The average molecular weight is 562 g/mol. The quantitative estimate of drug-likeness (QED) is 0.148. The first kappa shape index (κ1) is 31.4. The monoisotopic (exact) mass is 560 g/mol. The first-order valence-corrected chi connectivity index (χ1v) is 12.5. The molecule has 0 aromatic heterocycles. The van der Waals surface area contributed by atoms with E-state index in [1.54, 1.807) is 24.3 Å². The fourth-order valence-corrected chi connectivity index (χ4v) is 3.68. The molecule has 7 heteroatoms. The molecule has 36 heavy (non-hydrogen) atoms. The largest absolute Gasteiger partial charge is 1.00 e. The average Bonchev–Trinajstić information content (AvgIpc) is 2.83. The number of para-hydroxylation sites is 1. The maximum absolute atomic E-state index is 12.3. The summed E-state index contributed by atoms with van der Waals surface area (Å²) in [6, 6.07) is 13.0. The molecule has 0 aliphatic carbocycles. The maximum atomic E-state index is 12.3. The van der Waals surface area contributed by atoms with E-state index < -0.39 is 0 Å². The Kier molecular flexibility index (Phi) is 14.1. The van der Waals surface area contributed by atoms with Crippen molar-refractivity contribution < 1.29 is 40.5 Å². The normalized spacial score (nSPS) is 10.8. The van der Waals surface area contributed by atoms with Crippen LogP contribution in [0.3, 0.4) is 0 Å². The van der Waals surface area contributed by atoms with Gasteiger partial charge in [0.25, 0.3) is 5.91 Å². The van der Waals surface area contributed by atoms with E-state index in [-0.39, 0.29) is 28.7 Å². The van der Waals surface area contributed by atoms with E-state index in [4.69, 9.17) is 9.47 Å². The van der Waals surface area contributed by atoms with Crippen molar-refractivity contribution >= 4 is 11.7 Å². The molecule has 2 aromatic rings. The lowest BCUT2D eigenvalue weighted by Crippen LogP contribution is -3.00. The smallest absolute Gasteiger partial charge is 0.275 e. The van der Waals surface area contributed by atoms with Crippen molar-refractivity contribution in [2.45, 2.75) is 46.0 Å². The van der Waals surface area contributed by atoms with Crippen LogP contribution in [0.5, 0.6) is 17.2 Å². The number of carbonyl (C=O) groups is 2. The van der Waals surface area contributed by atoms with E-state index in [0.29, 0.717) is 59.8 Å². The summed E-state index contributed by atoms with van der Waals surface area (Å²) in [5.74, 6) is 2.08. The van der Waals surface area contributed by atoms with Crippen molar-refractivity contribution in [1.29, 1.82) is 0 Å². The van der Waals surface area contributed by atoms with Gasteiger partial charge in [0.2, 0.25) is 0 Å². The topological polar surface area (TPSA) is 64.6 Å². The van der Waals surface area contributed by atoms with Gasteiger partial charge in [0, 0.05) is 24.1 Å². The number of ketones is 1. The Labute approximate surface area is 227 Å². The maximum Gasteiger partial charge on any atom is 0.275 e. The van der Waals surface area contributed by atoms with Crippen LogP contribution in [0.15, 0.2) is 55.1 Å². The van der Waals surface area contributed by atoms with Crippen LogP contribution in [0, 0.1) is 0 Å². The SMILES string of the molecule is C=CCc1cccc(Oc2ccc(C(=O)CC)cc2)c1OCC[N+](C)(C)CC(=O)NCCCCC.[Br-]. The van der Waals surface area contributed by atoms with Gasteiger partial charge < -0.3 is 36.3 Å². The molecule has 0 spiro atoms. The number of nitrogens with zero attached hydrogens (tertiary/aromatic N) is 1. The van der Waals surface area contributed by atoms with Gasteiger partial charge in [-0.2, -0.15) is 0 Å². The lowest BCUT2D eigenvalue weighted by Gasteiger charge is -2.29. The fourth-order valence-electron chi connectivity index (χ4n) is 3.68. The number of hydrogen-bond donors (Lipinski definition) is 1. The van der Waals surface area contributed by atoms with E-state index in [1.165, 1.54) is 0 Å². The van der Waals surface area contributed by atoms with Gasteiger partial charge in [-0.3, -0.25) is 9.59 Å². The Morgan fingerprint density at radius 1 is 1.06 bits per heavy atom. The molecule has 6 nitrogen and oxygen atoms in total. The summed E-state index contributed by atoms with van der Waals surface area (Å²) in [6.45, 7) is 10.1. The molecule has 0 fully saturated rings. The molecule has 1 N–H and O–H groups in total. The van der Waals surface area contributed by atoms with Gasteiger partial charge in [-0.05, 0) is 43.2 Å². The summed E-state index contributed by atoms with van der Waals surface area (Å²) >= 11 is 0. The Morgan fingerprint density at radius 3 is 2.42 bits per heavy atom. The van der Waals surface area contributed by atoms with Crippen molar-refractivity contribution in [3.05, 3.63) is 66.2 Å². The second-order valence-corrected chi connectivity index (χ2v) is 9.36. The summed E-state index contributed by atoms with van der Waals surface area (Å²) < 4.78 is 12.9. The molecule has 198 valence electrons. The zero-order valence-electron chi connectivity index (χ0n) is 22.1. The number of rotatable bonds is 16.